The molecule has 1 aliphatic heterocycles. The van der Waals surface area contributed by atoms with E-state index in [1.54, 1.807) is 93.6 Å². The molecule has 88 heavy (non-hydrogen) atoms. The molecule has 18 nitrogen and oxygen atoms in total. The van der Waals surface area contributed by atoms with Gasteiger partial charge in [-0.15, -0.1) is 0 Å². The number of carbonyl (C=O) groups is 7. The highest BCUT2D eigenvalue weighted by molar-refractivity contribution is 5.82. The lowest BCUT2D eigenvalue weighted by Gasteiger charge is -2.44. The van der Waals surface area contributed by atoms with Crippen LogP contribution in [0.2, 0.25) is 0 Å². The number of hydrogen-bond donors (Lipinski definition) is 3. The number of aliphatic hydroxyl groups excluding tert-OH is 1. The molecule has 2 amide bonds. The van der Waals surface area contributed by atoms with Crippen LogP contribution >= 0.6 is 0 Å². The Kier molecular flexibility index (Phi) is 37.2. The van der Waals surface area contributed by atoms with Crippen LogP contribution in [0.4, 0.5) is 4.79 Å². The summed E-state index contributed by atoms with van der Waals surface area (Å²) in [5.41, 5.74) is 1.20. The number of rotatable bonds is 45. The average Bonchev–Trinajstić information content (AvgIpc) is 2.47. The lowest BCUT2D eigenvalue weighted by atomic mass is 9.95. The van der Waals surface area contributed by atoms with Gasteiger partial charge in [-0.2, -0.15) is 0 Å². The SMILES string of the molecule is CCCCCCCCCCCCCC(=O)N[C@H]1[C@H](OC(CC(=O)OCc2ccccc2)CC(=O)OCc2ccccc2)O[C@H](COC(=O)[C@@H](CCC(=O)OCc2ccccc2)NC(=O)OC(C)(C)C)[C@@H](O)[C@@H]1OC(=O)CCCCCCCCCCCCC. The second kappa shape index (κ2) is 44.1. The van der Waals surface area contributed by atoms with Crippen molar-refractivity contribution in [2.75, 3.05) is 6.61 Å². The first-order valence-electron chi connectivity index (χ1n) is 32.8. The van der Waals surface area contributed by atoms with E-state index in [4.69, 9.17) is 37.9 Å². The lowest BCUT2D eigenvalue weighted by molar-refractivity contribution is -0.286. The van der Waals surface area contributed by atoms with Crippen LogP contribution in [0.3, 0.4) is 0 Å². The third-order valence-corrected chi connectivity index (χ3v) is 15.1. The van der Waals surface area contributed by atoms with Crippen LogP contribution < -0.4 is 10.6 Å². The van der Waals surface area contributed by atoms with Gasteiger partial charge in [-0.1, -0.05) is 233 Å². The van der Waals surface area contributed by atoms with Gasteiger partial charge in [-0.25, -0.2) is 9.59 Å². The second-order valence-electron chi connectivity index (χ2n) is 24.1. The molecule has 0 aliphatic carbocycles. The second-order valence-corrected chi connectivity index (χ2v) is 24.1. The van der Waals surface area contributed by atoms with Crippen molar-refractivity contribution in [2.24, 2.45) is 0 Å². The summed E-state index contributed by atoms with van der Waals surface area (Å²) in [7, 11) is 0. The monoisotopic (exact) mass is 1230 g/mol. The number of alkyl carbamates (subject to hydrolysis) is 1. The van der Waals surface area contributed by atoms with E-state index in [9.17, 15) is 38.7 Å². The van der Waals surface area contributed by atoms with E-state index in [0.717, 1.165) is 63.4 Å². The summed E-state index contributed by atoms with van der Waals surface area (Å²) in [6, 6.07) is 24.1. The van der Waals surface area contributed by atoms with Gasteiger partial charge in [0.25, 0.3) is 0 Å². The van der Waals surface area contributed by atoms with Crippen molar-refractivity contribution in [3.05, 3.63) is 108 Å². The van der Waals surface area contributed by atoms with Crippen molar-refractivity contribution >= 4 is 41.8 Å². The van der Waals surface area contributed by atoms with Gasteiger partial charge in [0.2, 0.25) is 5.91 Å². The molecule has 3 N–H and O–H groups in total. The van der Waals surface area contributed by atoms with Crippen LogP contribution in [0.1, 0.15) is 231 Å². The zero-order valence-electron chi connectivity index (χ0n) is 53.4. The van der Waals surface area contributed by atoms with E-state index in [1.807, 2.05) is 18.2 Å². The van der Waals surface area contributed by atoms with Crippen LogP contribution in [0.25, 0.3) is 0 Å². The third kappa shape index (κ3) is 33.3. The van der Waals surface area contributed by atoms with Gasteiger partial charge in [0, 0.05) is 19.3 Å². The fraction of sp³-hybridized carbons (Fsp3) is 0.643. The highest BCUT2D eigenvalue weighted by Gasteiger charge is 2.50. The first-order chi connectivity index (χ1) is 42.5. The summed E-state index contributed by atoms with van der Waals surface area (Å²) in [6.45, 7) is 8.40. The van der Waals surface area contributed by atoms with Gasteiger partial charge in [0.05, 0.1) is 18.9 Å². The number of unbranched alkanes of at least 4 members (excludes halogenated alkanes) is 20. The summed E-state index contributed by atoms with van der Waals surface area (Å²) in [4.78, 5) is 96.0. The molecule has 0 radical (unpaired) electrons. The summed E-state index contributed by atoms with van der Waals surface area (Å²) >= 11 is 0. The normalized spacial score (nSPS) is 16.9. The number of ether oxygens (including phenoxy) is 8. The Hall–Kier alpha value is -6.37. The molecular weight excluding hydrogens is 1120 g/mol. The average molecular weight is 1230 g/mol. The van der Waals surface area contributed by atoms with E-state index in [1.165, 1.54) is 70.6 Å². The van der Waals surface area contributed by atoms with E-state index < -0.39 is 110 Å². The van der Waals surface area contributed by atoms with Crippen molar-refractivity contribution in [1.82, 2.24) is 10.6 Å². The molecule has 4 rings (SSSR count). The Labute approximate surface area is 523 Å². The van der Waals surface area contributed by atoms with E-state index in [2.05, 4.69) is 24.5 Å². The molecule has 1 aliphatic rings. The first kappa shape index (κ1) is 74.1. The van der Waals surface area contributed by atoms with Crippen molar-refractivity contribution in [3.8, 4) is 0 Å². The molecule has 0 spiro atoms. The van der Waals surface area contributed by atoms with Gasteiger partial charge < -0.3 is 53.6 Å². The van der Waals surface area contributed by atoms with Crippen molar-refractivity contribution < 1.29 is 76.6 Å². The number of aliphatic hydroxyl groups is 1. The number of benzene rings is 3. The highest BCUT2D eigenvalue weighted by atomic mass is 16.7. The molecule has 3 aromatic carbocycles. The number of amides is 2. The number of nitrogens with one attached hydrogen (secondary N) is 2. The number of esters is 5. The predicted molar refractivity (Wildman–Crippen MR) is 335 cm³/mol. The van der Waals surface area contributed by atoms with Crippen LogP contribution in [0.5, 0.6) is 0 Å². The van der Waals surface area contributed by atoms with E-state index in [0.29, 0.717) is 24.0 Å². The van der Waals surface area contributed by atoms with Gasteiger partial charge >= 0.3 is 35.9 Å². The van der Waals surface area contributed by atoms with E-state index >= 15 is 0 Å². The summed E-state index contributed by atoms with van der Waals surface area (Å²) in [5.74, 6) is -4.32. The van der Waals surface area contributed by atoms with Gasteiger partial charge in [0.15, 0.2) is 12.4 Å². The Morgan fingerprint density at radius 3 is 1.39 bits per heavy atom. The molecule has 0 unspecified atom stereocenters. The molecule has 0 saturated carbocycles. The zero-order valence-corrected chi connectivity index (χ0v) is 53.4. The highest BCUT2D eigenvalue weighted by Crippen LogP contribution is 2.29. The Morgan fingerprint density at radius 2 is 0.943 bits per heavy atom. The molecule has 1 heterocycles. The summed E-state index contributed by atoms with van der Waals surface area (Å²) < 4.78 is 47.2. The topological polar surface area (TPSA) is 238 Å². The minimum absolute atomic E-state index is 0.0133. The van der Waals surface area contributed by atoms with Crippen molar-refractivity contribution in [1.29, 1.82) is 0 Å². The van der Waals surface area contributed by atoms with Crippen LogP contribution in [-0.4, -0.2) is 102 Å². The smallest absolute Gasteiger partial charge is 0.408 e. The van der Waals surface area contributed by atoms with Crippen LogP contribution in [-0.2, 0) is 86.5 Å². The van der Waals surface area contributed by atoms with E-state index in [-0.39, 0.29) is 45.5 Å². The van der Waals surface area contributed by atoms with Gasteiger partial charge in [-0.3, -0.25) is 24.0 Å². The maximum absolute atomic E-state index is 14.2. The Morgan fingerprint density at radius 1 is 0.523 bits per heavy atom. The molecule has 0 bridgehead atoms. The molecule has 3 aromatic rings. The Bertz CT molecular complexity index is 2360. The fourth-order valence-electron chi connectivity index (χ4n) is 10.2. The molecule has 0 aromatic heterocycles. The largest absolute Gasteiger partial charge is 0.461 e. The molecule has 1 fully saturated rings. The predicted octanol–water partition coefficient (Wildman–Crippen LogP) is 13.5. The Balaban J connectivity index is 1.63. The van der Waals surface area contributed by atoms with Crippen molar-refractivity contribution in [2.45, 2.75) is 283 Å². The van der Waals surface area contributed by atoms with Gasteiger partial charge in [0.1, 0.15) is 56.3 Å². The molecule has 6 atom stereocenters. The number of carbonyl (C=O) groups excluding carboxylic acids is 7. The summed E-state index contributed by atoms with van der Waals surface area (Å²) in [5, 5.41) is 17.8. The summed E-state index contributed by atoms with van der Waals surface area (Å²) in [6.07, 6.45) is 12.9. The fourth-order valence-corrected chi connectivity index (χ4v) is 10.2. The maximum Gasteiger partial charge on any atom is 0.408 e. The van der Waals surface area contributed by atoms with Crippen molar-refractivity contribution in [3.63, 3.8) is 0 Å². The molecule has 490 valence electrons. The standard InChI is InChI=1S/C70H104N2O16/c1-6-8-10-12-14-16-18-20-22-24-35-43-59(73)72-64-66(87-61(75)44-36-25-23-21-19-17-15-13-11-9-7-2)65(78)58(52-84-67(79)57(71-69(80)88-70(3,4)5)45-46-60(74)81-49-53-37-29-26-30-38-53)86-68(64)85-56(47-62(76)82-50-54-39-31-27-32-40-54)48-63(77)83-51-55-41-33-28-34-42-55/h26-34,37-42,56-58,64-66,68,78H,6-25,35-36,43-52H2,1-5H3,(H,71,80)(H,72,73)/t57-,58-,64-,65-,66-,68-/m1/s1. The molecule has 1 saturated heterocycles. The first-order valence-corrected chi connectivity index (χ1v) is 32.8. The minimum Gasteiger partial charge on any atom is -0.461 e. The van der Waals surface area contributed by atoms with Crippen LogP contribution in [0, 0.1) is 0 Å². The zero-order chi connectivity index (χ0) is 63.6. The third-order valence-electron chi connectivity index (χ3n) is 15.1. The quantitative estimate of drug-likeness (QED) is 0.0271. The molecular formula is C70H104N2O16. The van der Waals surface area contributed by atoms with Gasteiger partial charge in [-0.05, 0) is 56.7 Å². The molecule has 18 heteroatoms. The minimum atomic E-state index is -1.78. The number of hydrogen-bond acceptors (Lipinski definition) is 16. The lowest BCUT2D eigenvalue weighted by Crippen LogP contribution is -2.66. The van der Waals surface area contributed by atoms with Crippen LogP contribution in [0.15, 0.2) is 91.0 Å². The maximum atomic E-state index is 14.2.